The third kappa shape index (κ3) is 4.84. The minimum atomic E-state index is -0.413. The van der Waals surface area contributed by atoms with E-state index in [-0.39, 0.29) is 17.7 Å². The number of ether oxygens (including phenoxy) is 1. The van der Waals surface area contributed by atoms with Gasteiger partial charge < -0.3 is 15.0 Å². The van der Waals surface area contributed by atoms with Crippen LogP contribution in [0.5, 0.6) is 5.75 Å². The third-order valence-electron chi connectivity index (χ3n) is 5.72. The molecule has 2 aromatic rings. The molecular weight excluding hydrogens is 376 g/mol. The topological polar surface area (TPSA) is 58.6 Å². The van der Waals surface area contributed by atoms with Crippen molar-refractivity contribution < 1.29 is 14.3 Å². The highest BCUT2D eigenvalue weighted by atomic mass is 16.5. The Kier molecular flexibility index (Phi) is 7.14. The Labute approximate surface area is 179 Å². The van der Waals surface area contributed by atoms with E-state index in [1.807, 2.05) is 55.5 Å². The number of rotatable bonds is 7. The molecule has 1 N–H and O–H groups in total. The number of nitrogens with one attached hydrogen (secondary N) is 1. The molecule has 2 aromatic carbocycles. The van der Waals surface area contributed by atoms with Gasteiger partial charge in [0.05, 0.1) is 19.1 Å². The summed E-state index contributed by atoms with van der Waals surface area (Å²) in [6.45, 7) is 6.94. The van der Waals surface area contributed by atoms with E-state index in [1.54, 1.807) is 12.0 Å². The van der Waals surface area contributed by atoms with Gasteiger partial charge in [0.1, 0.15) is 5.75 Å². The molecule has 5 nitrogen and oxygen atoms in total. The number of methoxy groups -OCH3 is 1. The molecule has 1 heterocycles. The van der Waals surface area contributed by atoms with Crippen LogP contribution in [-0.4, -0.2) is 25.5 Å². The molecule has 3 rings (SSSR count). The van der Waals surface area contributed by atoms with E-state index in [1.165, 1.54) is 0 Å². The van der Waals surface area contributed by atoms with Crippen molar-refractivity contribution in [2.75, 3.05) is 18.6 Å². The van der Waals surface area contributed by atoms with Gasteiger partial charge in [0, 0.05) is 24.2 Å². The summed E-state index contributed by atoms with van der Waals surface area (Å²) in [5.74, 6) is 0.895. The van der Waals surface area contributed by atoms with Crippen molar-refractivity contribution in [2.45, 2.75) is 46.1 Å². The van der Waals surface area contributed by atoms with E-state index < -0.39 is 6.04 Å². The van der Waals surface area contributed by atoms with Gasteiger partial charge in [-0.3, -0.25) is 9.59 Å². The summed E-state index contributed by atoms with van der Waals surface area (Å²) < 4.78 is 5.61. The van der Waals surface area contributed by atoms with E-state index >= 15 is 0 Å². The molecule has 2 unspecified atom stereocenters. The maximum absolute atomic E-state index is 13.2. The Morgan fingerprint density at radius 1 is 1.17 bits per heavy atom. The summed E-state index contributed by atoms with van der Waals surface area (Å²) in [6, 6.07) is 15.2. The van der Waals surface area contributed by atoms with Gasteiger partial charge >= 0.3 is 0 Å². The first-order chi connectivity index (χ1) is 14.4. The van der Waals surface area contributed by atoms with Gasteiger partial charge in [-0.05, 0) is 43.9 Å². The minimum Gasteiger partial charge on any atom is -0.496 e. The standard InChI is InChI=1S/C25H32N2O3/c1-17(2)15-16-26-25(29)21-13-14-23(28)27(19-11-9-18(3)10-12-19)24(21)20-7-5-6-8-22(20)30-4/h5-12,17,21,24H,13-16H2,1-4H3,(H,26,29). The highest BCUT2D eigenvalue weighted by molar-refractivity contribution is 5.97. The van der Waals surface area contributed by atoms with Crippen LogP contribution in [0.1, 0.15) is 50.3 Å². The van der Waals surface area contributed by atoms with E-state index in [2.05, 4.69) is 19.2 Å². The second kappa shape index (κ2) is 9.79. The van der Waals surface area contributed by atoms with Crippen LogP contribution in [0.4, 0.5) is 5.69 Å². The zero-order valence-corrected chi connectivity index (χ0v) is 18.4. The number of carbonyl (C=O) groups excluding carboxylic acids is 2. The average molecular weight is 409 g/mol. The van der Waals surface area contributed by atoms with E-state index in [4.69, 9.17) is 4.74 Å². The number of aryl methyl sites for hydroxylation is 1. The summed E-state index contributed by atoms with van der Waals surface area (Å²) >= 11 is 0. The molecule has 0 radical (unpaired) electrons. The molecule has 1 fully saturated rings. The summed E-state index contributed by atoms with van der Waals surface area (Å²) in [6.07, 6.45) is 1.80. The Bertz CT molecular complexity index is 876. The average Bonchev–Trinajstić information content (AvgIpc) is 2.74. The number of piperidine rings is 1. The number of carbonyl (C=O) groups is 2. The molecule has 0 spiro atoms. The van der Waals surface area contributed by atoms with Gasteiger partial charge in [0.2, 0.25) is 11.8 Å². The maximum atomic E-state index is 13.2. The van der Waals surface area contributed by atoms with Crippen LogP contribution in [0.2, 0.25) is 0 Å². The fourth-order valence-corrected chi connectivity index (χ4v) is 4.06. The molecule has 0 aromatic heterocycles. The lowest BCUT2D eigenvalue weighted by Gasteiger charge is -2.41. The van der Waals surface area contributed by atoms with Crippen molar-refractivity contribution in [2.24, 2.45) is 11.8 Å². The predicted octanol–water partition coefficient (Wildman–Crippen LogP) is 4.65. The second-order valence-electron chi connectivity index (χ2n) is 8.40. The molecule has 2 amide bonds. The van der Waals surface area contributed by atoms with Gasteiger partial charge in [-0.1, -0.05) is 49.7 Å². The zero-order valence-electron chi connectivity index (χ0n) is 18.4. The Morgan fingerprint density at radius 2 is 1.87 bits per heavy atom. The van der Waals surface area contributed by atoms with Crippen LogP contribution < -0.4 is 15.0 Å². The van der Waals surface area contributed by atoms with Gasteiger partial charge in [0.25, 0.3) is 0 Å². The summed E-state index contributed by atoms with van der Waals surface area (Å²) in [4.78, 5) is 28.1. The summed E-state index contributed by atoms with van der Waals surface area (Å²) in [7, 11) is 1.62. The molecule has 160 valence electrons. The molecule has 0 aliphatic carbocycles. The van der Waals surface area contributed by atoms with Crippen LogP contribution in [0.25, 0.3) is 0 Å². The van der Waals surface area contributed by atoms with Crippen molar-refractivity contribution in [1.82, 2.24) is 5.32 Å². The van der Waals surface area contributed by atoms with Crippen molar-refractivity contribution in [3.05, 3.63) is 59.7 Å². The second-order valence-corrected chi connectivity index (χ2v) is 8.40. The molecular formula is C25H32N2O3. The first kappa shape index (κ1) is 21.9. The zero-order chi connectivity index (χ0) is 21.7. The lowest BCUT2D eigenvalue weighted by molar-refractivity contribution is -0.129. The SMILES string of the molecule is COc1ccccc1C1C(C(=O)NCCC(C)C)CCC(=O)N1c1ccc(C)cc1. The van der Waals surface area contributed by atoms with Crippen LogP contribution in [-0.2, 0) is 9.59 Å². The van der Waals surface area contributed by atoms with Crippen LogP contribution in [0, 0.1) is 18.8 Å². The molecule has 1 aliphatic heterocycles. The first-order valence-electron chi connectivity index (χ1n) is 10.7. The van der Waals surface area contributed by atoms with Gasteiger partial charge in [-0.2, -0.15) is 0 Å². The van der Waals surface area contributed by atoms with Gasteiger partial charge in [-0.15, -0.1) is 0 Å². The van der Waals surface area contributed by atoms with E-state index in [9.17, 15) is 9.59 Å². The minimum absolute atomic E-state index is 0.00355. The fraction of sp³-hybridized carbons (Fsp3) is 0.440. The number of anilines is 1. The van der Waals surface area contributed by atoms with Crippen LogP contribution >= 0.6 is 0 Å². The number of amides is 2. The van der Waals surface area contributed by atoms with Crippen LogP contribution in [0.3, 0.4) is 0 Å². The smallest absolute Gasteiger partial charge is 0.227 e. The monoisotopic (exact) mass is 408 g/mol. The molecule has 0 bridgehead atoms. The molecule has 1 aliphatic rings. The quantitative estimate of drug-likeness (QED) is 0.725. The van der Waals surface area contributed by atoms with Gasteiger partial charge in [0.15, 0.2) is 0 Å². The van der Waals surface area contributed by atoms with E-state index in [0.29, 0.717) is 31.1 Å². The number of para-hydroxylation sites is 1. The molecule has 2 atom stereocenters. The first-order valence-corrected chi connectivity index (χ1v) is 10.7. The Balaban J connectivity index is 2.02. The Hall–Kier alpha value is -2.82. The largest absolute Gasteiger partial charge is 0.496 e. The Morgan fingerprint density at radius 3 is 2.53 bits per heavy atom. The molecule has 0 saturated carbocycles. The van der Waals surface area contributed by atoms with Crippen molar-refractivity contribution >= 4 is 17.5 Å². The lowest BCUT2D eigenvalue weighted by atomic mass is 9.82. The van der Waals surface area contributed by atoms with E-state index in [0.717, 1.165) is 23.2 Å². The normalized spacial score (nSPS) is 19.1. The number of hydrogen-bond acceptors (Lipinski definition) is 3. The number of nitrogens with zero attached hydrogens (tertiary/aromatic N) is 1. The predicted molar refractivity (Wildman–Crippen MR) is 120 cm³/mol. The molecule has 30 heavy (non-hydrogen) atoms. The number of hydrogen-bond donors (Lipinski definition) is 1. The van der Waals surface area contributed by atoms with Crippen molar-refractivity contribution in [3.63, 3.8) is 0 Å². The number of benzene rings is 2. The van der Waals surface area contributed by atoms with Gasteiger partial charge in [-0.25, -0.2) is 0 Å². The molecule has 5 heteroatoms. The summed E-state index contributed by atoms with van der Waals surface area (Å²) in [5, 5.41) is 3.10. The van der Waals surface area contributed by atoms with Crippen LogP contribution in [0.15, 0.2) is 48.5 Å². The fourth-order valence-electron chi connectivity index (χ4n) is 4.06. The maximum Gasteiger partial charge on any atom is 0.227 e. The highest BCUT2D eigenvalue weighted by Gasteiger charge is 2.42. The highest BCUT2D eigenvalue weighted by Crippen LogP contribution is 2.43. The lowest BCUT2D eigenvalue weighted by Crippen LogP contribution is -2.48. The summed E-state index contributed by atoms with van der Waals surface area (Å²) in [5.41, 5.74) is 2.79. The third-order valence-corrected chi connectivity index (χ3v) is 5.72. The van der Waals surface area contributed by atoms with Crippen molar-refractivity contribution in [1.29, 1.82) is 0 Å². The van der Waals surface area contributed by atoms with Crippen molar-refractivity contribution in [3.8, 4) is 5.75 Å². The molecule has 1 saturated heterocycles.